The van der Waals surface area contributed by atoms with E-state index in [0.29, 0.717) is 0 Å². The first kappa shape index (κ1) is 26.4. The molecule has 0 fully saturated rings. The highest BCUT2D eigenvalue weighted by molar-refractivity contribution is 7.85. The Balaban J connectivity index is 1.20. The van der Waals surface area contributed by atoms with Crippen molar-refractivity contribution in [3.8, 4) is 22.3 Å². The lowest BCUT2D eigenvalue weighted by molar-refractivity contribution is 0.592. The third-order valence-corrected chi connectivity index (χ3v) is 11.8. The van der Waals surface area contributed by atoms with E-state index in [1.54, 1.807) is 0 Å². The molecule has 0 spiro atoms. The van der Waals surface area contributed by atoms with E-state index < -0.39 is 7.14 Å². The van der Waals surface area contributed by atoms with Gasteiger partial charge in [-0.15, -0.1) is 0 Å². The second-order valence-corrected chi connectivity index (χ2v) is 14.0. The van der Waals surface area contributed by atoms with E-state index in [9.17, 15) is 4.57 Å². The predicted molar refractivity (Wildman–Crippen MR) is 189 cm³/mol. The van der Waals surface area contributed by atoms with Crippen LogP contribution in [0.25, 0.3) is 54.6 Å². The minimum Gasteiger partial charge on any atom is -0.309 e. The molecule has 0 bridgehead atoms. The van der Waals surface area contributed by atoms with Crippen LogP contribution in [-0.2, 0) is 4.57 Å². The molecule has 0 aliphatic carbocycles. The second kappa shape index (κ2) is 10.8. The fourth-order valence-corrected chi connectivity index (χ4v) is 9.27. The molecule has 1 nitrogen and oxygen atoms in total. The lowest BCUT2D eigenvalue weighted by Gasteiger charge is -2.20. The Hall–Kier alpha value is -5.23. The topological polar surface area (TPSA) is 17.1 Å². The average Bonchev–Trinajstić information content (AvgIpc) is 3.12. The highest BCUT2D eigenvalue weighted by Crippen LogP contribution is 2.43. The van der Waals surface area contributed by atoms with Crippen LogP contribution in [0.3, 0.4) is 0 Å². The van der Waals surface area contributed by atoms with E-state index in [2.05, 4.69) is 103 Å². The minimum atomic E-state index is -3.00. The molecule has 0 aliphatic heterocycles. The maximum Gasteiger partial charge on any atom is 0.171 e. The van der Waals surface area contributed by atoms with Crippen LogP contribution < -0.4 is 15.9 Å². The van der Waals surface area contributed by atoms with Crippen LogP contribution in [0.2, 0.25) is 0 Å². The highest BCUT2D eigenvalue weighted by atomic mass is 31.2. The monoisotopic (exact) mass is 580 g/mol. The quantitative estimate of drug-likeness (QED) is 0.146. The van der Waals surface area contributed by atoms with Gasteiger partial charge in [-0.3, -0.25) is 0 Å². The first-order valence-corrected chi connectivity index (χ1v) is 16.7. The van der Waals surface area contributed by atoms with Gasteiger partial charge in [-0.2, -0.15) is 0 Å². The summed E-state index contributed by atoms with van der Waals surface area (Å²) in [6.45, 7) is 0. The van der Waals surface area contributed by atoms with Crippen molar-refractivity contribution in [2.45, 2.75) is 0 Å². The van der Waals surface area contributed by atoms with E-state index in [1.807, 2.05) is 72.8 Å². The van der Waals surface area contributed by atoms with Gasteiger partial charge in [-0.25, -0.2) is 0 Å². The molecule has 8 aromatic carbocycles. The molecular formula is C42H29OP. The van der Waals surface area contributed by atoms with Crippen LogP contribution in [-0.4, -0.2) is 0 Å². The fraction of sp³-hybridized carbons (Fsp3) is 0. The predicted octanol–water partition coefficient (Wildman–Crippen LogP) is 10.1. The van der Waals surface area contributed by atoms with Gasteiger partial charge in [0.1, 0.15) is 0 Å². The fourth-order valence-electron chi connectivity index (χ4n) is 6.63. The maximum absolute atomic E-state index is 14.7. The Morgan fingerprint density at radius 3 is 1.18 bits per heavy atom. The molecule has 8 aromatic rings. The van der Waals surface area contributed by atoms with Crippen molar-refractivity contribution in [1.29, 1.82) is 0 Å². The molecule has 208 valence electrons. The van der Waals surface area contributed by atoms with Gasteiger partial charge in [0, 0.05) is 15.9 Å². The summed E-state index contributed by atoms with van der Waals surface area (Å²) in [5.74, 6) is 0. The van der Waals surface area contributed by atoms with E-state index in [4.69, 9.17) is 0 Å². The molecule has 8 rings (SSSR count). The molecule has 2 heteroatoms. The van der Waals surface area contributed by atoms with Crippen molar-refractivity contribution < 1.29 is 4.57 Å². The van der Waals surface area contributed by atoms with Gasteiger partial charge in [-0.1, -0.05) is 176 Å². The van der Waals surface area contributed by atoms with E-state index in [-0.39, 0.29) is 0 Å². The third kappa shape index (κ3) is 4.29. The van der Waals surface area contributed by atoms with Crippen LogP contribution in [0.15, 0.2) is 176 Å². The van der Waals surface area contributed by atoms with Crippen molar-refractivity contribution in [2.24, 2.45) is 0 Å². The van der Waals surface area contributed by atoms with E-state index in [1.165, 1.54) is 43.4 Å². The number of benzene rings is 8. The van der Waals surface area contributed by atoms with Gasteiger partial charge in [0.25, 0.3) is 0 Å². The zero-order chi connectivity index (χ0) is 29.5. The van der Waals surface area contributed by atoms with Crippen LogP contribution in [0.4, 0.5) is 0 Å². The summed E-state index contributed by atoms with van der Waals surface area (Å²) in [4.78, 5) is 0. The lowest BCUT2D eigenvalue weighted by Crippen LogP contribution is -2.24. The largest absolute Gasteiger partial charge is 0.309 e. The Morgan fingerprint density at radius 1 is 0.295 bits per heavy atom. The molecule has 0 atom stereocenters. The third-order valence-electron chi connectivity index (χ3n) is 8.77. The molecule has 0 aromatic heterocycles. The zero-order valence-electron chi connectivity index (χ0n) is 24.1. The molecule has 0 aliphatic rings. The molecule has 0 radical (unpaired) electrons. The van der Waals surface area contributed by atoms with Gasteiger partial charge in [0.05, 0.1) is 0 Å². The van der Waals surface area contributed by atoms with Gasteiger partial charge in [0.15, 0.2) is 7.14 Å². The summed E-state index contributed by atoms with van der Waals surface area (Å²) in [5.41, 5.74) is 4.65. The summed E-state index contributed by atoms with van der Waals surface area (Å²) < 4.78 is 14.7. The molecule has 0 heterocycles. The van der Waals surface area contributed by atoms with Crippen molar-refractivity contribution >= 4 is 55.4 Å². The number of fused-ring (bicyclic) bond motifs is 6. The average molecular weight is 581 g/mol. The standard InChI is InChI=1S/C42H29OP/c43-44(33-12-3-1-4-13-33,34-14-5-2-6-15-34)35-28-26-31(27-29-35)30-22-24-32(25-23-30)36-20-11-21-41-39-17-8-7-16-37(39)38-18-9-10-19-40(38)42(36)41/h1-29H. The van der Waals surface area contributed by atoms with Gasteiger partial charge >= 0.3 is 0 Å². The zero-order valence-corrected chi connectivity index (χ0v) is 25.0. The summed E-state index contributed by atoms with van der Waals surface area (Å²) in [5, 5.41) is 10.2. The SMILES string of the molecule is O=P(c1ccccc1)(c1ccccc1)c1ccc(-c2ccc(-c3cccc4c5ccccc5c5ccccc5c34)cc2)cc1. The first-order chi connectivity index (χ1) is 21.7. The van der Waals surface area contributed by atoms with Crippen LogP contribution in [0.1, 0.15) is 0 Å². The number of rotatable bonds is 5. The molecule has 0 saturated heterocycles. The normalized spacial score (nSPS) is 11.7. The second-order valence-electron chi connectivity index (χ2n) is 11.2. The smallest absolute Gasteiger partial charge is 0.171 e. The van der Waals surface area contributed by atoms with Crippen molar-refractivity contribution in [1.82, 2.24) is 0 Å². The summed E-state index contributed by atoms with van der Waals surface area (Å²) in [7, 11) is -3.00. The van der Waals surface area contributed by atoms with Gasteiger partial charge < -0.3 is 4.57 Å². The minimum absolute atomic E-state index is 0.838. The summed E-state index contributed by atoms with van der Waals surface area (Å²) in [6, 6.07) is 60.8. The van der Waals surface area contributed by atoms with Gasteiger partial charge in [-0.05, 0) is 54.6 Å². The number of hydrogen-bond donors (Lipinski definition) is 0. The summed E-state index contributed by atoms with van der Waals surface area (Å²) in [6.07, 6.45) is 0. The lowest BCUT2D eigenvalue weighted by atomic mass is 9.89. The number of hydrogen-bond acceptors (Lipinski definition) is 1. The van der Waals surface area contributed by atoms with Crippen LogP contribution in [0.5, 0.6) is 0 Å². The van der Waals surface area contributed by atoms with Crippen molar-refractivity contribution in [3.05, 3.63) is 176 Å². The first-order valence-electron chi connectivity index (χ1n) is 15.0. The van der Waals surface area contributed by atoms with Gasteiger partial charge in [0.2, 0.25) is 0 Å². The molecule has 0 saturated carbocycles. The van der Waals surface area contributed by atoms with Crippen molar-refractivity contribution in [3.63, 3.8) is 0 Å². The molecule has 44 heavy (non-hydrogen) atoms. The maximum atomic E-state index is 14.7. The van der Waals surface area contributed by atoms with E-state index >= 15 is 0 Å². The Bertz CT molecular complexity index is 2230. The molecule has 0 N–H and O–H groups in total. The Morgan fingerprint density at radius 2 is 0.659 bits per heavy atom. The Labute approximate surface area is 257 Å². The van der Waals surface area contributed by atoms with Crippen LogP contribution >= 0.6 is 7.14 Å². The molecule has 0 unspecified atom stereocenters. The van der Waals surface area contributed by atoms with Crippen molar-refractivity contribution in [2.75, 3.05) is 0 Å². The highest BCUT2D eigenvalue weighted by Gasteiger charge is 2.29. The van der Waals surface area contributed by atoms with Crippen LogP contribution in [0, 0.1) is 0 Å². The molecule has 0 amide bonds. The molecular weight excluding hydrogens is 551 g/mol. The summed E-state index contributed by atoms with van der Waals surface area (Å²) >= 11 is 0. The Kier molecular flexibility index (Phi) is 6.48. The van der Waals surface area contributed by atoms with E-state index in [0.717, 1.165) is 27.0 Å².